The van der Waals surface area contributed by atoms with Crippen LogP contribution in [0, 0.1) is 19.7 Å². The molecule has 1 amide bonds. The lowest BCUT2D eigenvalue weighted by Gasteiger charge is -2.28. The number of nitrogens with zero attached hydrogens (tertiary/aromatic N) is 1. The second kappa shape index (κ2) is 9.19. The number of carbonyl (C=O) groups is 1. The zero-order chi connectivity index (χ0) is 20.9. The van der Waals surface area contributed by atoms with Gasteiger partial charge >= 0.3 is 0 Å². The predicted octanol–water partition coefficient (Wildman–Crippen LogP) is 3.35. The Morgan fingerprint density at radius 3 is 2.21 bits per heavy atom. The molecule has 0 aliphatic heterocycles. The third-order valence-electron chi connectivity index (χ3n) is 4.40. The topological polar surface area (TPSA) is 66.5 Å². The first kappa shape index (κ1) is 21.9. The van der Waals surface area contributed by atoms with Crippen LogP contribution in [0.15, 0.2) is 42.5 Å². The Hall–Kier alpha value is -2.41. The van der Waals surface area contributed by atoms with Gasteiger partial charge in [-0.3, -0.25) is 9.10 Å². The molecule has 1 atom stereocenters. The number of amides is 1. The average molecular weight is 407 g/mol. The van der Waals surface area contributed by atoms with Gasteiger partial charge < -0.3 is 5.32 Å². The molecule has 0 saturated carbocycles. The molecule has 0 saturated heterocycles. The second-order valence-corrected chi connectivity index (χ2v) is 8.96. The molecule has 2 aromatic carbocycles. The molecule has 2 rings (SSSR count). The SMILES string of the molecule is Cc1cc(C)cc(N([C@H](C)C(=O)NCCCc2ccc(F)cc2)S(C)(=O)=O)c1. The van der Waals surface area contributed by atoms with E-state index in [1.807, 2.05) is 19.9 Å². The van der Waals surface area contributed by atoms with Gasteiger partial charge in [-0.15, -0.1) is 0 Å². The maximum absolute atomic E-state index is 12.9. The largest absolute Gasteiger partial charge is 0.354 e. The number of carbonyl (C=O) groups excluding carboxylic acids is 1. The van der Waals surface area contributed by atoms with Gasteiger partial charge in [0.2, 0.25) is 15.9 Å². The summed E-state index contributed by atoms with van der Waals surface area (Å²) in [7, 11) is -3.64. The van der Waals surface area contributed by atoms with Crippen LogP contribution in [0.2, 0.25) is 0 Å². The number of halogens is 1. The third-order valence-corrected chi connectivity index (χ3v) is 5.65. The first-order chi connectivity index (χ1) is 13.1. The predicted molar refractivity (Wildman–Crippen MR) is 110 cm³/mol. The second-order valence-electron chi connectivity index (χ2n) is 7.10. The Morgan fingerprint density at radius 1 is 1.11 bits per heavy atom. The van der Waals surface area contributed by atoms with Crippen molar-refractivity contribution in [2.45, 2.75) is 39.7 Å². The minimum Gasteiger partial charge on any atom is -0.354 e. The highest BCUT2D eigenvalue weighted by Gasteiger charge is 2.29. The average Bonchev–Trinajstić information content (AvgIpc) is 2.58. The number of hydrogen-bond donors (Lipinski definition) is 1. The van der Waals surface area contributed by atoms with E-state index in [2.05, 4.69) is 5.32 Å². The lowest BCUT2D eigenvalue weighted by atomic mass is 10.1. The molecule has 0 aromatic heterocycles. The zero-order valence-corrected chi connectivity index (χ0v) is 17.5. The number of nitrogens with one attached hydrogen (secondary N) is 1. The minimum atomic E-state index is -3.64. The van der Waals surface area contributed by atoms with Crippen molar-refractivity contribution in [2.75, 3.05) is 17.1 Å². The standard InChI is InChI=1S/C21H27FN2O3S/c1-15-12-16(2)14-20(13-15)24(28(4,26)27)17(3)21(25)23-11-5-6-18-7-9-19(22)10-8-18/h7-10,12-14,17H,5-6,11H2,1-4H3,(H,23,25)/t17-/m1/s1. The molecule has 152 valence electrons. The molecule has 5 nitrogen and oxygen atoms in total. The number of sulfonamides is 1. The molecule has 0 unspecified atom stereocenters. The molecule has 28 heavy (non-hydrogen) atoms. The monoisotopic (exact) mass is 406 g/mol. The molecular formula is C21H27FN2O3S. The van der Waals surface area contributed by atoms with Crippen LogP contribution in [0.1, 0.15) is 30.0 Å². The van der Waals surface area contributed by atoms with Gasteiger partial charge in [-0.05, 0) is 74.6 Å². The minimum absolute atomic E-state index is 0.280. The van der Waals surface area contributed by atoms with Gasteiger partial charge in [-0.1, -0.05) is 18.2 Å². The molecule has 2 aromatic rings. The summed E-state index contributed by atoms with van der Waals surface area (Å²) in [6, 6.07) is 10.8. The van der Waals surface area contributed by atoms with Crippen LogP contribution in [0.4, 0.5) is 10.1 Å². The molecule has 7 heteroatoms. The zero-order valence-electron chi connectivity index (χ0n) is 16.7. The molecule has 1 N–H and O–H groups in total. The van der Waals surface area contributed by atoms with Gasteiger partial charge in [0.25, 0.3) is 0 Å². The van der Waals surface area contributed by atoms with Crippen LogP contribution in [0.25, 0.3) is 0 Å². The summed E-state index contributed by atoms with van der Waals surface area (Å²) in [4.78, 5) is 12.6. The van der Waals surface area contributed by atoms with Crippen LogP contribution in [-0.4, -0.2) is 33.2 Å². The van der Waals surface area contributed by atoms with Crippen molar-refractivity contribution in [3.05, 3.63) is 65.0 Å². The molecule has 0 spiro atoms. The van der Waals surface area contributed by atoms with Gasteiger partial charge in [0.1, 0.15) is 11.9 Å². The lowest BCUT2D eigenvalue weighted by molar-refractivity contribution is -0.121. The summed E-state index contributed by atoms with van der Waals surface area (Å²) < 4.78 is 38.8. The van der Waals surface area contributed by atoms with Gasteiger partial charge in [0, 0.05) is 6.54 Å². The molecule has 0 radical (unpaired) electrons. The van der Waals surface area contributed by atoms with E-state index in [9.17, 15) is 17.6 Å². The highest BCUT2D eigenvalue weighted by Crippen LogP contribution is 2.23. The van der Waals surface area contributed by atoms with Crippen LogP contribution in [0.3, 0.4) is 0 Å². The summed E-state index contributed by atoms with van der Waals surface area (Å²) in [5, 5.41) is 2.80. The van der Waals surface area contributed by atoms with Gasteiger partial charge in [0.05, 0.1) is 11.9 Å². The van der Waals surface area contributed by atoms with E-state index in [-0.39, 0.29) is 11.7 Å². The van der Waals surface area contributed by atoms with Gasteiger partial charge in [-0.25, -0.2) is 12.8 Å². The normalized spacial score (nSPS) is 12.5. The first-order valence-corrected chi connectivity index (χ1v) is 11.0. The van der Waals surface area contributed by atoms with Crippen molar-refractivity contribution in [3.8, 4) is 0 Å². The fraction of sp³-hybridized carbons (Fsp3) is 0.381. The quantitative estimate of drug-likeness (QED) is 0.684. The summed E-state index contributed by atoms with van der Waals surface area (Å²) in [5.41, 5.74) is 3.32. The van der Waals surface area contributed by atoms with E-state index in [1.165, 1.54) is 12.1 Å². The Labute approximate surface area is 166 Å². The van der Waals surface area contributed by atoms with Crippen LogP contribution >= 0.6 is 0 Å². The van der Waals surface area contributed by atoms with Gasteiger partial charge in [-0.2, -0.15) is 0 Å². The van der Waals surface area contributed by atoms with Crippen molar-refractivity contribution >= 4 is 21.6 Å². The van der Waals surface area contributed by atoms with Crippen LogP contribution < -0.4 is 9.62 Å². The Bertz CT molecular complexity index is 907. The first-order valence-electron chi connectivity index (χ1n) is 9.18. The smallest absolute Gasteiger partial charge is 0.243 e. The van der Waals surface area contributed by atoms with E-state index in [0.29, 0.717) is 25.1 Å². The maximum Gasteiger partial charge on any atom is 0.243 e. The Balaban J connectivity index is 2.02. The van der Waals surface area contributed by atoms with Crippen molar-refractivity contribution in [1.82, 2.24) is 5.32 Å². The Kier molecular flexibility index (Phi) is 7.18. The molecule has 0 heterocycles. The molecule has 0 bridgehead atoms. The Morgan fingerprint density at radius 2 is 1.68 bits per heavy atom. The summed E-state index contributed by atoms with van der Waals surface area (Å²) in [6.07, 6.45) is 2.47. The number of hydrogen-bond acceptors (Lipinski definition) is 3. The number of rotatable bonds is 8. The van der Waals surface area contributed by atoms with Crippen molar-refractivity contribution < 1.29 is 17.6 Å². The summed E-state index contributed by atoms with van der Waals surface area (Å²) >= 11 is 0. The maximum atomic E-state index is 12.9. The van der Waals surface area contributed by atoms with E-state index in [4.69, 9.17) is 0 Å². The molecule has 0 fully saturated rings. The molecule has 0 aliphatic carbocycles. The number of benzene rings is 2. The van der Waals surface area contributed by atoms with E-state index in [1.54, 1.807) is 31.2 Å². The summed E-state index contributed by atoms with van der Waals surface area (Å²) in [6.45, 7) is 5.76. The molecular weight excluding hydrogens is 379 g/mol. The van der Waals surface area contributed by atoms with E-state index >= 15 is 0 Å². The number of aryl methyl sites for hydroxylation is 3. The number of anilines is 1. The fourth-order valence-electron chi connectivity index (χ4n) is 3.19. The third kappa shape index (κ3) is 6.05. The fourth-order valence-corrected chi connectivity index (χ4v) is 4.35. The summed E-state index contributed by atoms with van der Waals surface area (Å²) in [5.74, 6) is -0.637. The van der Waals surface area contributed by atoms with E-state index < -0.39 is 16.1 Å². The van der Waals surface area contributed by atoms with Crippen molar-refractivity contribution in [3.63, 3.8) is 0 Å². The van der Waals surface area contributed by atoms with Crippen LogP contribution in [-0.2, 0) is 21.2 Å². The molecule has 0 aliphatic rings. The van der Waals surface area contributed by atoms with Crippen molar-refractivity contribution in [1.29, 1.82) is 0 Å². The lowest BCUT2D eigenvalue weighted by Crippen LogP contribution is -2.48. The van der Waals surface area contributed by atoms with Crippen LogP contribution in [0.5, 0.6) is 0 Å². The highest BCUT2D eigenvalue weighted by molar-refractivity contribution is 7.92. The van der Waals surface area contributed by atoms with E-state index in [0.717, 1.165) is 27.3 Å². The highest BCUT2D eigenvalue weighted by atomic mass is 32.2. The van der Waals surface area contributed by atoms with Gasteiger partial charge in [0.15, 0.2) is 0 Å². The van der Waals surface area contributed by atoms with Crippen molar-refractivity contribution in [2.24, 2.45) is 0 Å².